The highest BCUT2D eigenvalue weighted by atomic mass is 16.5. The molecule has 0 aromatic heterocycles. The van der Waals surface area contributed by atoms with Crippen LogP contribution in [0.15, 0.2) is 24.3 Å². The van der Waals surface area contributed by atoms with Gasteiger partial charge in [0.25, 0.3) is 0 Å². The van der Waals surface area contributed by atoms with Crippen LogP contribution in [0.5, 0.6) is 0 Å². The smallest absolute Gasteiger partial charge is 0.305 e. The fourth-order valence-corrected chi connectivity index (χ4v) is 11.5. The highest BCUT2D eigenvalue weighted by Crippen LogP contribution is 2.19. The van der Waals surface area contributed by atoms with Gasteiger partial charge in [0, 0.05) is 12.8 Å². The van der Waals surface area contributed by atoms with Crippen LogP contribution in [-0.2, 0) is 14.3 Å². The number of allylic oxidation sites excluding steroid dienone is 3. The molecule has 0 fully saturated rings. The van der Waals surface area contributed by atoms with Gasteiger partial charge in [-0.25, -0.2) is 0 Å². The SMILES string of the molecule is CCCCCCCCC/C=C\CCCCCCCC(=O)OCCCCCCCCCCCCCCCCCCCCCCCCCCCCCCC(=O)NC(CO)C(O)/C=C/CCCCCCCCCCCCCCCCCC. The molecule has 0 heterocycles. The molecule has 468 valence electrons. The van der Waals surface area contributed by atoms with Gasteiger partial charge in [0.05, 0.1) is 25.4 Å². The molecule has 0 aliphatic carbocycles. The quantitative estimate of drug-likeness (QED) is 0.0320. The molecule has 1 amide bonds. The molecular weight excluding hydrogens is 971 g/mol. The molecule has 2 unspecified atom stereocenters. The molecule has 2 atom stereocenters. The van der Waals surface area contributed by atoms with Crippen LogP contribution in [0.1, 0.15) is 406 Å². The summed E-state index contributed by atoms with van der Waals surface area (Å²) in [7, 11) is 0. The van der Waals surface area contributed by atoms with E-state index in [-0.39, 0.29) is 18.5 Å². The van der Waals surface area contributed by atoms with Crippen LogP contribution in [-0.4, -0.2) is 47.4 Å². The van der Waals surface area contributed by atoms with E-state index in [1.807, 2.05) is 6.08 Å². The van der Waals surface area contributed by atoms with Crippen molar-refractivity contribution in [2.24, 2.45) is 0 Å². The Bertz CT molecular complexity index is 1230. The van der Waals surface area contributed by atoms with E-state index in [9.17, 15) is 19.8 Å². The molecule has 0 saturated carbocycles. The molecule has 3 N–H and O–H groups in total. The van der Waals surface area contributed by atoms with Gasteiger partial charge in [-0.3, -0.25) is 9.59 Å². The van der Waals surface area contributed by atoms with Crippen LogP contribution in [0, 0.1) is 0 Å². The van der Waals surface area contributed by atoms with Crippen molar-refractivity contribution < 1.29 is 24.5 Å². The van der Waals surface area contributed by atoms with Gasteiger partial charge in [0.1, 0.15) is 0 Å². The fourth-order valence-electron chi connectivity index (χ4n) is 11.5. The Kier molecular flexibility index (Phi) is 67.4. The summed E-state index contributed by atoms with van der Waals surface area (Å²) in [6.45, 7) is 4.94. The summed E-state index contributed by atoms with van der Waals surface area (Å²) in [5.74, 6) is -0.0495. The maximum atomic E-state index is 12.5. The third-order valence-electron chi connectivity index (χ3n) is 17.0. The molecule has 79 heavy (non-hydrogen) atoms. The lowest BCUT2D eigenvalue weighted by molar-refractivity contribution is -0.143. The van der Waals surface area contributed by atoms with Gasteiger partial charge in [-0.2, -0.15) is 0 Å². The third kappa shape index (κ3) is 65.4. The molecular formula is C73H141NO5. The van der Waals surface area contributed by atoms with Crippen LogP contribution in [0.25, 0.3) is 0 Å². The summed E-state index contributed by atoms with van der Waals surface area (Å²) in [4.78, 5) is 24.6. The van der Waals surface area contributed by atoms with Gasteiger partial charge in [-0.1, -0.05) is 359 Å². The maximum absolute atomic E-state index is 12.5. The number of nitrogens with one attached hydrogen (secondary N) is 1. The van der Waals surface area contributed by atoms with Gasteiger partial charge >= 0.3 is 5.97 Å². The summed E-state index contributed by atoms with van der Waals surface area (Å²) in [5.41, 5.74) is 0. The zero-order chi connectivity index (χ0) is 57.1. The number of hydrogen-bond acceptors (Lipinski definition) is 5. The Balaban J connectivity index is 3.36. The topological polar surface area (TPSA) is 95.9 Å². The normalized spacial score (nSPS) is 12.6. The molecule has 6 nitrogen and oxygen atoms in total. The Hall–Kier alpha value is -1.66. The first-order valence-corrected chi connectivity index (χ1v) is 36.1. The van der Waals surface area contributed by atoms with Crippen molar-refractivity contribution in [2.45, 2.75) is 418 Å². The van der Waals surface area contributed by atoms with Crippen LogP contribution >= 0.6 is 0 Å². The largest absolute Gasteiger partial charge is 0.466 e. The third-order valence-corrected chi connectivity index (χ3v) is 17.0. The molecule has 0 spiro atoms. The number of aliphatic hydroxyl groups excluding tert-OH is 2. The monoisotopic (exact) mass is 1110 g/mol. The Morgan fingerprint density at radius 2 is 0.595 bits per heavy atom. The average molecular weight is 1110 g/mol. The average Bonchev–Trinajstić information content (AvgIpc) is 3.45. The predicted octanol–water partition coefficient (Wildman–Crippen LogP) is 23.3. The zero-order valence-corrected chi connectivity index (χ0v) is 53.6. The van der Waals surface area contributed by atoms with Gasteiger partial charge in [-0.15, -0.1) is 0 Å². The number of ether oxygens (including phenoxy) is 1. The molecule has 0 bridgehead atoms. The van der Waals surface area contributed by atoms with E-state index in [1.54, 1.807) is 6.08 Å². The van der Waals surface area contributed by atoms with E-state index in [0.717, 1.165) is 44.9 Å². The van der Waals surface area contributed by atoms with E-state index < -0.39 is 12.1 Å². The minimum Gasteiger partial charge on any atom is -0.466 e. The first-order valence-electron chi connectivity index (χ1n) is 36.1. The summed E-state index contributed by atoms with van der Waals surface area (Å²) in [6, 6.07) is -0.626. The lowest BCUT2D eigenvalue weighted by Gasteiger charge is -2.20. The number of carbonyl (C=O) groups excluding carboxylic acids is 2. The second-order valence-electron chi connectivity index (χ2n) is 24.9. The fraction of sp³-hybridized carbons (Fsp3) is 0.918. The lowest BCUT2D eigenvalue weighted by atomic mass is 10.0. The summed E-state index contributed by atoms with van der Waals surface area (Å²) >= 11 is 0. The van der Waals surface area contributed by atoms with Gasteiger partial charge < -0.3 is 20.3 Å². The van der Waals surface area contributed by atoms with Crippen LogP contribution < -0.4 is 5.32 Å². The lowest BCUT2D eigenvalue weighted by Crippen LogP contribution is -2.45. The number of rotatable bonds is 68. The Morgan fingerprint density at radius 1 is 0.342 bits per heavy atom. The van der Waals surface area contributed by atoms with Crippen LogP contribution in [0.3, 0.4) is 0 Å². The number of aliphatic hydroxyl groups is 2. The van der Waals surface area contributed by atoms with E-state index >= 15 is 0 Å². The minimum absolute atomic E-state index is 0.0118. The Morgan fingerprint density at radius 3 is 0.899 bits per heavy atom. The molecule has 6 heteroatoms. The van der Waals surface area contributed by atoms with E-state index in [1.165, 1.54) is 334 Å². The number of amides is 1. The molecule has 0 rings (SSSR count). The molecule has 0 aliphatic rings. The summed E-state index contributed by atoms with van der Waals surface area (Å²) in [6.07, 6.45) is 86.9. The van der Waals surface area contributed by atoms with Crippen LogP contribution in [0.2, 0.25) is 0 Å². The second kappa shape index (κ2) is 68.8. The summed E-state index contributed by atoms with van der Waals surface area (Å²) in [5, 5.41) is 23.2. The van der Waals surface area contributed by atoms with Gasteiger partial charge in [0.2, 0.25) is 5.91 Å². The molecule has 0 aromatic rings. The highest BCUT2D eigenvalue weighted by Gasteiger charge is 2.18. The van der Waals surface area contributed by atoms with Gasteiger partial charge in [0.15, 0.2) is 0 Å². The van der Waals surface area contributed by atoms with Crippen molar-refractivity contribution in [3.8, 4) is 0 Å². The number of esters is 1. The van der Waals surface area contributed by atoms with Crippen LogP contribution in [0.4, 0.5) is 0 Å². The van der Waals surface area contributed by atoms with E-state index in [4.69, 9.17) is 4.74 Å². The van der Waals surface area contributed by atoms with Crippen molar-refractivity contribution in [1.29, 1.82) is 0 Å². The minimum atomic E-state index is -0.842. The first-order chi connectivity index (χ1) is 39.0. The first kappa shape index (κ1) is 77.3. The van der Waals surface area contributed by atoms with Crippen molar-refractivity contribution in [3.63, 3.8) is 0 Å². The number of carbonyl (C=O) groups is 2. The molecule has 0 radical (unpaired) electrons. The molecule has 0 aromatic carbocycles. The summed E-state index contributed by atoms with van der Waals surface area (Å²) < 4.78 is 5.50. The second-order valence-corrected chi connectivity index (χ2v) is 24.9. The van der Waals surface area contributed by atoms with E-state index in [2.05, 4.69) is 31.3 Å². The maximum Gasteiger partial charge on any atom is 0.305 e. The standard InChI is InChI=1S/C73H141NO5/c1-3-5-7-9-11-13-15-17-19-21-34-37-41-45-49-53-57-61-65-71(76)70(69-75)74-72(77)66-62-58-54-50-46-42-38-35-32-30-28-26-24-22-23-25-27-29-31-33-36-40-44-48-52-56-60-64-68-79-73(78)67-63-59-55-51-47-43-39-20-18-16-14-12-10-8-6-4-2/h20,39,61,65,70-71,75-76H,3-19,21-38,40-60,62-64,66-69H2,1-2H3,(H,74,77)/b39-20-,65-61+. The Labute approximate surface area is 494 Å². The van der Waals surface area contributed by atoms with Crippen molar-refractivity contribution in [2.75, 3.05) is 13.2 Å². The number of hydrogen-bond donors (Lipinski definition) is 3. The van der Waals surface area contributed by atoms with Crippen molar-refractivity contribution in [3.05, 3.63) is 24.3 Å². The van der Waals surface area contributed by atoms with Gasteiger partial charge in [-0.05, 0) is 57.8 Å². The number of unbranched alkanes of at least 4 members (excludes halogenated alkanes) is 55. The molecule has 0 saturated heterocycles. The van der Waals surface area contributed by atoms with Crippen molar-refractivity contribution in [1.82, 2.24) is 5.32 Å². The van der Waals surface area contributed by atoms with Crippen molar-refractivity contribution >= 4 is 11.9 Å². The van der Waals surface area contributed by atoms with E-state index in [0.29, 0.717) is 19.4 Å². The highest BCUT2D eigenvalue weighted by molar-refractivity contribution is 5.76. The zero-order valence-electron chi connectivity index (χ0n) is 53.6. The predicted molar refractivity (Wildman–Crippen MR) is 347 cm³/mol. The molecule has 0 aliphatic heterocycles.